The first kappa shape index (κ1) is 13.3. The Morgan fingerprint density at radius 3 is 2.80 bits per heavy atom. The summed E-state index contributed by atoms with van der Waals surface area (Å²) in [4.78, 5) is 5.97. The van der Waals surface area contributed by atoms with E-state index < -0.39 is 0 Å². The maximum atomic E-state index is 4.59. The predicted molar refractivity (Wildman–Crippen MR) is 86.3 cm³/mol. The van der Waals surface area contributed by atoms with E-state index in [-0.39, 0.29) is 6.04 Å². The van der Waals surface area contributed by atoms with Gasteiger partial charge in [0.05, 0.1) is 11.6 Å². The van der Waals surface area contributed by atoms with Crippen molar-refractivity contribution < 1.29 is 0 Å². The number of rotatable bonds is 4. The van der Waals surface area contributed by atoms with E-state index in [1.54, 1.807) is 0 Å². The Kier molecular flexibility index (Phi) is 3.81. The lowest BCUT2D eigenvalue weighted by atomic mass is 9.99. The predicted octanol–water partition coefficient (Wildman–Crippen LogP) is 4.30. The molecule has 2 nitrogen and oxygen atoms in total. The highest BCUT2D eigenvalue weighted by molar-refractivity contribution is 7.10. The van der Waals surface area contributed by atoms with Crippen LogP contribution in [0.15, 0.2) is 48.0 Å². The van der Waals surface area contributed by atoms with Crippen LogP contribution in [0.4, 0.5) is 0 Å². The number of aryl methyl sites for hydroxylation is 1. The molecule has 0 aliphatic carbocycles. The minimum atomic E-state index is 0.221. The van der Waals surface area contributed by atoms with E-state index in [0.29, 0.717) is 0 Å². The highest BCUT2D eigenvalue weighted by Crippen LogP contribution is 2.32. The van der Waals surface area contributed by atoms with Gasteiger partial charge in [-0.2, -0.15) is 0 Å². The normalized spacial score (nSPS) is 12.7. The topological polar surface area (TPSA) is 24.9 Å². The fraction of sp³-hybridized carbons (Fsp3) is 0.235. The van der Waals surface area contributed by atoms with Gasteiger partial charge < -0.3 is 5.32 Å². The average Bonchev–Trinajstić information content (AvgIpc) is 2.90. The molecule has 2 aromatic heterocycles. The third-order valence-electron chi connectivity index (χ3n) is 3.55. The van der Waals surface area contributed by atoms with Crippen LogP contribution in [-0.2, 0) is 0 Å². The molecule has 0 fully saturated rings. The molecule has 0 aliphatic heterocycles. The average molecular weight is 282 g/mol. The smallest absolute Gasteiger partial charge is 0.0753 e. The number of hydrogen-bond acceptors (Lipinski definition) is 3. The zero-order valence-corrected chi connectivity index (χ0v) is 12.6. The first-order chi connectivity index (χ1) is 9.81. The van der Waals surface area contributed by atoms with Crippen LogP contribution in [0.25, 0.3) is 10.9 Å². The van der Waals surface area contributed by atoms with Gasteiger partial charge in [-0.1, -0.05) is 31.2 Å². The summed E-state index contributed by atoms with van der Waals surface area (Å²) in [5.41, 5.74) is 3.69. The van der Waals surface area contributed by atoms with Crippen molar-refractivity contribution in [1.82, 2.24) is 10.3 Å². The summed E-state index contributed by atoms with van der Waals surface area (Å²) >= 11 is 1.81. The third kappa shape index (κ3) is 2.35. The fourth-order valence-corrected chi connectivity index (χ4v) is 3.61. The number of fused-ring (bicyclic) bond motifs is 1. The maximum absolute atomic E-state index is 4.59. The van der Waals surface area contributed by atoms with Gasteiger partial charge in [0.1, 0.15) is 0 Å². The molecule has 1 N–H and O–H groups in total. The van der Waals surface area contributed by atoms with Crippen LogP contribution in [0.2, 0.25) is 0 Å². The molecule has 0 amide bonds. The van der Waals surface area contributed by atoms with Crippen LogP contribution in [-0.4, -0.2) is 11.5 Å². The van der Waals surface area contributed by atoms with E-state index >= 15 is 0 Å². The number of para-hydroxylation sites is 1. The van der Waals surface area contributed by atoms with E-state index in [2.05, 4.69) is 59.9 Å². The second kappa shape index (κ2) is 5.73. The Balaban J connectivity index is 2.17. The SMILES string of the molecule is CCNC(c1sccc1C)c1cccc2cccnc12. The van der Waals surface area contributed by atoms with E-state index in [4.69, 9.17) is 0 Å². The lowest BCUT2D eigenvalue weighted by Gasteiger charge is -2.19. The van der Waals surface area contributed by atoms with Gasteiger partial charge >= 0.3 is 0 Å². The molecule has 3 heteroatoms. The minimum absolute atomic E-state index is 0.221. The summed E-state index contributed by atoms with van der Waals surface area (Å²) < 4.78 is 0. The van der Waals surface area contributed by atoms with Crippen molar-refractivity contribution in [3.8, 4) is 0 Å². The number of nitrogens with one attached hydrogen (secondary N) is 1. The number of pyridine rings is 1. The zero-order chi connectivity index (χ0) is 13.9. The second-order valence-corrected chi connectivity index (χ2v) is 5.83. The molecule has 2 heterocycles. The molecule has 1 aromatic carbocycles. The molecular formula is C17H18N2S. The first-order valence-electron chi connectivity index (χ1n) is 6.92. The standard InChI is InChI=1S/C17H18N2S/c1-3-18-16(17-12(2)9-11-20-17)14-8-4-6-13-7-5-10-19-15(13)14/h4-11,16,18H,3H2,1-2H3. The van der Waals surface area contributed by atoms with Crippen LogP contribution in [0, 0.1) is 6.92 Å². The molecule has 0 radical (unpaired) electrons. The molecule has 3 aromatic rings. The van der Waals surface area contributed by atoms with Gasteiger partial charge in [0.25, 0.3) is 0 Å². The molecule has 0 saturated carbocycles. The van der Waals surface area contributed by atoms with E-state index in [9.17, 15) is 0 Å². The molecule has 0 aliphatic rings. The number of aromatic nitrogens is 1. The van der Waals surface area contributed by atoms with Crippen molar-refractivity contribution in [3.63, 3.8) is 0 Å². The Morgan fingerprint density at radius 1 is 1.20 bits per heavy atom. The fourth-order valence-electron chi connectivity index (χ4n) is 2.59. The Hall–Kier alpha value is -1.71. The van der Waals surface area contributed by atoms with Gasteiger partial charge in [-0.05, 0) is 36.5 Å². The highest BCUT2D eigenvalue weighted by atomic mass is 32.1. The quantitative estimate of drug-likeness (QED) is 0.771. The van der Waals surface area contributed by atoms with E-state index in [0.717, 1.165) is 12.1 Å². The molecule has 0 spiro atoms. The van der Waals surface area contributed by atoms with Crippen LogP contribution in [0.3, 0.4) is 0 Å². The molecule has 3 rings (SSSR count). The summed E-state index contributed by atoms with van der Waals surface area (Å²) in [6, 6.07) is 12.9. The molecule has 1 atom stereocenters. The molecule has 0 bridgehead atoms. The molecule has 1 unspecified atom stereocenters. The van der Waals surface area contributed by atoms with E-state index in [1.807, 2.05) is 23.6 Å². The monoisotopic (exact) mass is 282 g/mol. The van der Waals surface area contributed by atoms with Gasteiger partial charge in [0, 0.05) is 22.0 Å². The Labute approximate surface area is 123 Å². The summed E-state index contributed by atoms with van der Waals surface area (Å²) in [6.45, 7) is 5.26. The number of hydrogen-bond donors (Lipinski definition) is 1. The maximum Gasteiger partial charge on any atom is 0.0753 e. The largest absolute Gasteiger partial charge is 0.306 e. The minimum Gasteiger partial charge on any atom is -0.306 e. The zero-order valence-electron chi connectivity index (χ0n) is 11.8. The van der Waals surface area contributed by atoms with Crippen molar-refractivity contribution in [1.29, 1.82) is 0 Å². The van der Waals surface area contributed by atoms with Gasteiger partial charge in [-0.3, -0.25) is 4.98 Å². The lowest BCUT2D eigenvalue weighted by Crippen LogP contribution is -2.22. The van der Waals surface area contributed by atoms with Crippen molar-refractivity contribution in [2.24, 2.45) is 0 Å². The van der Waals surface area contributed by atoms with Crippen molar-refractivity contribution >= 4 is 22.2 Å². The van der Waals surface area contributed by atoms with Gasteiger partial charge in [-0.25, -0.2) is 0 Å². The molecule has 0 saturated heterocycles. The van der Waals surface area contributed by atoms with Crippen LogP contribution in [0.1, 0.15) is 29.0 Å². The van der Waals surface area contributed by atoms with Crippen LogP contribution >= 0.6 is 11.3 Å². The summed E-state index contributed by atoms with van der Waals surface area (Å²) in [7, 11) is 0. The summed E-state index contributed by atoms with van der Waals surface area (Å²) in [6.07, 6.45) is 1.87. The van der Waals surface area contributed by atoms with Gasteiger partial charge in [0.2, 0.25) is 0 Å². The summed E-state index contributed by atoms with van der Waals surface area (Å²) in [5, 5.41) is 6.96. The van der Waals surface area contributed by atoms with Crippen LogP contribution < -0.4 is 5.32 Å². The highest BCUT2D eigenvalue weighted by Gasteiger charge is 2.19. The van der Waals surface area contributed by atoms with Gasteiger partial charge in [0.15, 0.2) is 0 Å². The Bertz CT molecular complexity index is 712. The van der Waals surface area contributed by atoms with Crippen molar-refractivity contribution in [2.75, 3.05) is 6.54 Å². The third-order valence-corrected chi connectivity index (χ3v) is 4.63. The Morgan fingerprint density at radius 2 is 2.05 bits per heavy atom. The van der Waals surface area contributed by atoms with Gasteiger partial charge in [-0.15, -0.1) is 11.3 Å². The number of nitrogens with zero attached hydrogens (tertiary/aromatic N) is 1. The second-order valence-electron chi connectivity index (χ2n) is 4.88. The van der Waals surface area contributed by atoms with E-state index in [1.165, 1.54) is 21.4 Å². The van der Waals surface area contributed by atoms with Crippen molar-refractivity contribution in [3.05, 3.63) is 64.0 Å². The molecular weight excluding hydrogens is 264 g/mol. The summed E-state index contributed by atoms with van der Waals surface area (Å²) in [5.74, 6) is 0. The van der Waals surface area contributed by atoms with Crippen LogP contribution in [0.5, 0.6) is 0 Å². The lowest BCUT2D eigenvalue weighted by molar-refractivity contribution is 0.640. The first-order valence-corrected chi connectivity index (χ1v) is 7.80. The number of thiophene rings is 1. The molecule has 20 heavy (non-hydrogen) atoms. The number of benzene rings is 1. The van der Waals surface area contributed by atoms with Crippen molar-refractivity contribution in [2.45, 2.75) is 19.9 Å². The molecule has 102 valence electrons.